The van der Waals surface area contributed by atoms with Gasteiger partial charge in [0.15, 0.2) is 0 Å². The van der Waals surface area contributed by atoms with Crippen LogP contribution < -0.4 is 10.6 Å². The molecule has 0 aromatic carbocycles. The van der Waals surface area contributed by atoms with Crippen LogP contribution in [0.25, 0.3) is 0 Å². The molecular weight excluding hydrogens is 252 g/mol. The number of hydrogen-bond donors (Lipinski definition) is 2. The van der Waals surface area contributed by atoms with E-state index >= 15 is 0 Å². The van der Waals surface area contributed by atoms with Crippen LogP contribution in [0.3, 0.4) is 0 Å². The molecule has 1 aliphatic heterocycles. The normalized spacial score (nSPS) is 20.9. The van der Waals surface area contributed by atoms with Gasteiger partial charge in [-0.2, -0.15) is 0 Å². The van der Waals surface area contributed by atoms with E-state index < -0.39 is 9.84 Å². The highest BCUT2D eigenvalue weighted by Crippen LogP contribution is 2.06. The Labute approximate surface area is 103 Å². The Bertz CT molecular complexity index is 313. The molecule has 0 aromatic rings. The fourth-order valence-electron chi connectivity index (χ4n) is 1.56. The summed E-state index contributed by atoms with van der Waals surface area (Å²) in [5.74, 6) is -0.0794. The third kappa shape index (κ3) is 6.30. The van der Waals surface area contributed by atoms with Crippen molar-refractivity contribution < 1.29 is 13.2 Å². The number of nitrogens with one attached hydrogen (secondary N) is 2. The minimum Gasteiger partial charge on any atom is -0.354 e. The van der Waals surface area contributed by atoms with E-state index in [2.05, 4.69) is 10.6 Å². The Morgan fingerprint density at radius 2 is 2.12 bits per heavy atom. The lowest BCUT2D eigenvalue weighted by molar-refractivity contribution is -0.123. The van der Waals surface area contributed by atoms with Crippen molar-refractivity contribution >= 4 is 28.2 Å². The molecule has 0 saturated carbocycles. The van der Waals surface area contributed by atoms with Gasteiger partial charge in [0.2, 0.25) is 5.91 Å². The van der Waals surface area contributed by atoms with E-state index in [4.69, 9.17) is 0 Å². The van der Waals surface area contributed by atoms with Crippen molar-refractivity contribution in [1.82, 2.24) is 10.6 Å². The molecule has 1 heterocycles. The average Bonchev–Trinajstić information content (AvgIpc) is 2.17. The van der Waals surface area contributed by atoms with Crippen molar-refractivity contribution in [3.8, 4) is 0 Å². The maximum atomic E-state index is 11.5. The first-order chi connectivity index (χ1) is 6.99. The largest absolute Gasteiger partial charge is 0.354 e. The van der Waals surface area contributed by atoms with Gasteiger partial charge in [-0.05, 0) is 19.4 Å². The molecule has 96 valence electrons. The molecule has 5 nitrogen and oxygen atoms in total. The van der Waals surface area contributed by atoms with Crippen molar-refractivity contribution in [2.24, 2.45) is 0 Å². The number of halogens is 1. The predicted octanol–water partition coefficient (Wildman–Crippen LogP) is -0.289. The zero-order valence-electron chi connectivity index (χ0n) is 9.36. The number of piperidine rings is 1. The van der Waals surface area contributed by atoms with Gasteiger partial charge in [0.1, 0.15) is 9.84 Å². The molecule has 1 unspecified atom stereocenters. The molecular formula is C9H19ClN2O3S. The summed E-state index contributed by atoms with van der Waals surface area (Å²) in [5.41, 5.74) is 0. The zero-order chi connectivity index (χ0) is 11.3. The van der Waals surface area contributed by atoms with Crippen LogP contribution in [-0.2, 0) is 14.6 Å². The van der Waals surface area contributed by atoms with Crippen LogP contribution in [-0.4, -0.2) is 45.5 Å². The summed E-state index contributed by atoms with van der Waals surface area (Å²) in [6, 6.07) is -0.140. The number of sulfone groups is 1. The Hall–Kier alpha value is -0.330. The molecule has 0 bridgehead atoms. The van der Waals surface area contributed by atoms with Gasteiger partial charge in [-0.1, -0.05) is 6.42 Å². The van der Waals surface area contributed by atoms with E-state index in [1.165, 1.54) is 0 Å². The Balaban J connectivity index is 0.00000225. The summed E-state index contributed by atoms with van der Waals surface area (Å²) in [6.45, 7) is 1.07. The molecule has 1 rings (SSSR count). The van der Waals surface area contributed by atoms with Gasteiger partial charge in [-0.3, -0.25) is 4.79 Å². The maximum absolute atomic E-state index is 11.5. The summed E-state index contributed by atoms with van der Waals surface area (Å²) < 4.78 is 21.6. The number of hydrogen-bond acceptors (Lipinski definition) is 4. The van der Waals surface area contributed by atoms with E-state index in [0.29, 0.717) is 0 Å². The first kappa shape index (κ1) is 15.7. The molecule has 0 aliphatic carbocycles. The van der Waals surface area contributed by atoms with Gasteiger partial charge >= 0.3 is 0 Å². The molecule has 0 spiro atoms. The van der Waals surface area contributed by atoms with Crippen molar-refractivity contribution in [3.05, 3.63) is 0 Å². The van der Waals surface area contributed by atoms with E-state index in [-0.39, 0.29) is 36.7 Å². The van der Waals surface area contributed by atoms with Crippen LogP contribution in [0.1, 0.15) is 19.3 Å². The van der Waals surface area contributed by atoms with Gasteiger partial charge in [-0.15, -0.1) is 12.4 Å². The minimum atomic E-state index is -2.99. The van der Waals surface area contributed by atoms with Crippen LogP contribution in [0, 0.1) is 0 Å². The minimum absolute atomic E-state index is 0. The van der Waals surface area contributed by atoms with Crippen molar-refractivity contribution in [2.75, 3.05) is 25.1 Å². The number of rotatable bonds is 4. The van der Waals surface area contributed by atoms with Gasteiger partial charge in [-0.25, -0.2) is 8.42 Å². The van der Waals surface area contributed by atoms with Gasteiger partial charge in [0, 0.05) is 12.8 Å². The second kappa shape index (κ2) is 7.09. The summed E-state index contributed by atoms with van der Waals surface area (Å²) >= 11 is 0. The van der Waals surface area contributed by atoms with Crippen molar-refractivity contribution in [2.45, 2.75) is 25.3 Å². The summed E-state index contributed by atoms with van der Waals surface area (Å²) in [6.07, 6.45) is 4.16. The highest BCUT2D eigenvalue weighted by atomic mass is 35.5. The molecule has 0 aromatic heterocycles. The topological polar surface area (TPSA) is 75.3 Å². The first-order valence-electron chi connectivity index (χ1n) is 5.18. The lowest BCUT2D eigenvalue weighted by Gasteiger charge is -2.22. The molecule has 7 heteroatoms. The molecule has 1 aliphatic rings. The highest BCUT2D eigenvalue weighted by molar-refractivity contribution is 7.90. The van der Waals surface area contributed by atoms with Gasteiger partial charge < -0.3 is 10.6 Å². The van der Waals surface area contributed by atoms with E-state index in [9.17, 15) is 13.2 Å². The smallest absolute Gasteiger partial charge is 0.237 e. The monoisotopic (exact) mass is 270 g/mol. The van der Waals surface area contributed by atoms with Crippen molar-refractivity contribution in [3.63, 3.8) is 0 Å². The standard InChI is InChI=1S/C9H18N2O3S.ClH/c1-15(13,14)7-6-11-9(12)8-4-2-3-5-10-8;/h8,10H,2-7H2,1H3,(H,11,12);1H. The zero-order valence-corrected chi connectivity index (χ0v) is 11.0. The number of amides is 1. The molecule has 2 N–H and O–H groups in total. The van der Waals surface area contributed by atoms with Crippen molar-refractivity contribution in [1.29, 1.82) is 0 Å². The predicted molar refractivity (Wildman–Crippen MR) is 65.6 cm³/mol. The first-order valence-corrected chi connectivity index (χ1v) is 7.24. The van der Waals surface area contributed by atoms with Crippen LogP contribution in [0.2, 0.25) is 0 Å². The lowest BCUT2D eigenvalue weighted by atomic mass is 10.0. The van der Waals surface area contributed by atoms with Crippen LogP contribution >= 0.6 is 12.4 Å². The molecule has 1 fully saturated rings. The third-order valence-electron chi connectivity index (χ3n) is 2.40. The van der Waals surface area contributed by atoms with E-state index in [1.54, 1.807) is 0 Å². The number of carbonyl (C=O) groups is 1. The van der Waals surface area contributed by atoms with Crippen LogP contribution in [0.15, 0.2) is 0 Å². The summed E-state index contributed by atoms with van der Waals surface area (Å²) in [5, 5.41) is 5.73. The molecule has 16 heavy (non-hydrogen) atoms. The second-order valence-electron chi connectivity index (χ2n) is 3.92. The van der Waals surface area contributed by atoms with Gasteiger partial charge in [0.05, 0.1) is 11.8 Å². The average molecular weight is 271 g/mol. The quantitative estimate of drug-likeness (QED) is 0.736. The molecule has 1 amide bonds. The van der Waals surface area contributed by atoms with Crippen LogP contribution in [0.4, 0.5) is 0 Å². The fraction of sp³-hybridized carbons (Fsp3) is 0.889. The fourth-order valence-corrected chi connectivity index (χ4v) is 2.03. The third-order valence-corrected chi connectivity index (χ3v) is 3.34. The Morgan fingerprint density at radius 1 is 1.44 bits per heavy atom. The second-order valence-corrected chi connectivity index (χ2v) is 6.18. The van der Waals surface area contributed by atoms with Gasteiger partial charge in [0.25, 0.3) is 0 Å². The maximum Gasteiger partial charge on any atom is 0.237 e. The molecule has 1 saturated heterocycles. The Kier molecular flexibility index (Phi) is 6.94. The van der Waals surface area contributed by atoms with E-state index in [0.717, 1.165) is 32.1 Å². The van der Waals surface area contributed by atoms with E-state index in [1.807, 2.05) is 0 Å². The lowest BCUT2D eigenvalue weighted by Crippen LogP contribution is -2.47. The summed E-state index contributed by atoms with van der Waals surface area (Å²) in [7, 11) is -2.99. The summed E-state index contributed by atoms with van der Waals surface area (Å²) in [4.78, 5) is 11.5. The number of carbonyl (C=O) groups excluding carboxylic acids is 1. The van der Waals surface area contributed by atoms with Crippen LogP contribution in [0.5, 0.6) is 0 Å². The highest BCUT2D eigenvalue weighted by Gasteiger charge is 2.19. The molecule has 0 radical (unpaired) electrons. The SMILES string of the molecule is CS(=O)(=O)CCNC(=O)C1CCCCN1.Cl. The Morgan fingerprint density at radius 3 is 2.62 bits per heavy atom. The molecule has 1 atom stereocenters.